The minimum absolute atomic E-state index is 0.141. The van der Waals surface area contributed by atoms with Gasteiger partial charge in [0.2, 0.25) is 11.8 Å². The molecule has 0 bridgehead atoms. The van der Waals surface area contributed by atoms with Crippen molar-refractivity contribution in [1.82, 2.24) is 10.2 Å². The van der Waals surface area contributed by atoms with Gasteiger partial charge in [0.15, 0.2) is 0 Å². The highest BCUT2D eigenvalue weighted by atomic mass is 16.4. The van der Waals surface area contributed by atoms with Crippen LogP contribution in [0.4, 0.5) is 0 Å². The van der Waals surface area contributed by atoms with Crippen molar-refractivity contribution in [2.75, 3.05) is 0 Å². The van der Waals surface area contributed by atoms with Crippen LogP contribution in [0.1, 0.15) is 38.6 Å². The highest BCUT2D eigenvalue weighted by molar-refractivity contribution is 4.89. The van der Waals surface area contributed by atoms with E-state index in [1.165, 1.54) is 0 Å². The van der Waals surface area contributed by atoms with Crippen molar-refractivity contribution >= 4 is 0 Å². The summed E-state index contributed by atoms with van der Waals surface area (Å²) in [5.41, 5.74) is 5.81. The number of aromatic nitrogens is 2. The van der Waals surface area contributed by atoms with Crippen LogP contribution in [0.5, 0.6) is 0 Å². The van der Waals surface area contributed by atoms with Crippen LogP contribution >= 0.6 is 0 Å². The number of hydrogen-bond acceptors (Lipinski definition) is 4. The summed E-state index contributed by atoms with van der Waals surface area (Å²) >= 11 is 0. The summed E-state index contributed by atoms with van der Waals surface area (Å²) in [6, 6.07) is -0.141. The summed E-state index contributed by atoms with van der Waals surface area (Å²) in [6.07, 6.45) is 0.762. The lowest BCUT2D eigenvalue weighted by Crippen LogP contribution is -2.16. The van der Waals surface area contributed by atoms with Gasteiger partial charge in [-0.1, -0.05) is 20.8 Å². The van der Waals surface area contributed by atoms with E-state index in [2.05, 4.69) is 10.2 Å². The van der Waals surface area contributed by atoms with E-state index in [0.717, 1.165) is 6.42 Å². The highest BCUT2D eigenvalue weighted by Gasteiger charge is 2.16. The van der Waals surface area contributed by atoms with Gasteiger partial charge in [-0.05, 0) is 5.92 Å². The van der Waals surface area contributed by atoms with E-state index in [0.29, 0.717) is 17.7 Å². The minimum atomic E-state index is -0.141. The number of nitrogens with zero attached hydrogens (tertiary/aromatic N) is 2. The smallest absolute Gasteiger partial charge is 0.233 e. The zero-order chi connectivity index (χ0) is 9.14. The van der Waals surface area contributed by atoms with Crippen molar-refractivity contribution in [2.24, 2.45) is 11.7 Å². The fraction of sp³-hybridized carbons (Fsp3) is 0.750. The minimum Gasteiger partial charge on any atom is -0.424 e. The summed E-state index contributed by atoms with van der Waals surface area (Å²) in [5, 5.41) is 7.71. The van der Waals surface area contributed by atoms with Gasteiger partial charge in [0.05, 0.1) is 6.04 Å². The molecule has 0 radical (unpaired) electrons. The molecular weight excluding hydrogens is 154 g/mol. The maximum atomic E-state index is 5.81. The number of rotatable bonds is 3. The Morgan fingerprint density at radius 1 is 1.42 bits per heavy atom. The standard InChI is InChI=1S/C8H15N3O/c1-4-6-10-11-8(12-6)7(9)5(2)3/h5,7H,4,9H2,1-3H3/t7-/m1/s1. The molecule has 68 valence electrons. The molecule has 0 aliphatic carbocycles. The van der Waals surface area contributed by atoms with Crippen molar-refractivity contribution in [1.29, 1.82) is 0 Å². The molecule has 0 unspecified atom stereocenters. The zero-order valence-electron chi connectivity index (χ0n) is 7.74. The van der Waals surface area contributed by atoms with Crippen molar-refractivity contribution < 1.29 is 4.42 Å². The van der Waals surface area contributed by atoms with E-state index in [4.69, 9.17) is 10.2 Å². The Bertz CT molecular complexity index is 244. The number of aryl methyl sites for hydroxylation is 1. The maximum Gasteiger partial charge on any atom is 0.233 e. The third-order valence-electron chi connectivity index (χ3n) is 1.79. The third kappa shape index (κ3) is 1.82. The Morgan fingerprint density at radius 3 is 2.50 bits per heavy atom. The van der Waals surface area contributed by atoms with Gasteiger partial charge in [0.25, 0.3) is 0 Å². The predicted molar refractivity (Wildman–Crippen MR) is 45.4 cm³/mol. The SMILES string of the molecule is CCc1nnc([C@H](N)C(C)C)o1. The first-order chi connectivity index (χ1) is 5.65. The first kappa shape index (κ1) is 9.19. The molecule has 0 aromatic carbocycles. The quantitative estimate of drug-likeness (QED) is 0.740. The first-order valence-corrected chi connectivity index (χ1v) is 4.23. The molecule has 1 aromatic heterocycles. The van der Waals surface area contributed by atoms with Crippen LogP contribution in [0.25, 0.3) is 0 Å². The van der Waals surface area contributed by atoms with Crippen molar-refractivity contribution in [2.45, 2.75) is 33.2 Å². The number of hydrogen-bond donors (Lipinski definition) is 1. The van der Waals surface area contributed by atoms with Gasteiger partial charge in [-0.2, -0.15) is 0 Å². The van der Waals surface area contributed by atoms with Crippen LogP contribution < -0.4 is 5.73 Å². The lowest BCUT2D eigenvalue weighted by molar-refractivity contribution is 0.372. The van der Waals surface area contributed by atoms with Gasteiger partial charge < -0.3 is 10.2 Å². The van der Waals surface area contributed by atoms with Gasteiger partial charge in [-0.25, -0.2) is 0 Å². The predicted octanol–water partition coefficient (Wildman–Crippen LogP) is 1.29. The molecule has 0 saturated carbocycles. The topological polar surface area (TPSA) is 64.9 Å². The van der Waals surface area contributed by atoms with Gasteiger partial charge in [0.1, 0.15) is 0 Å². The van der Waals surface area contributed by atoms with E-state index in [-0.39, 0.29) is 6.04 Å². The van der Waals surface area contributed by atoms with Crippen molar-refractivity contribution in [3.63, 3.8) is 0 Å². The molecular formula is C8H15N3O. The molecule has 4 nitrogen and oxygen atoms in total. The second kappa shape index (κ2) is 3.67. The second-order valence-corrected chi connectivity index (χ2v) is 3.16. The van der Waals surface area contributed by atoms with E-state index in [1.54, 1.807) is 0 Å². The largest absolute Gasteiger partial charge is 0.424 e. The normalized spacial score (nSPS) is 13.8. The van der Waals surface area contributed by atoms with Crippen molar-refractivity contribution in [3.8, 4) is 0 Å². The Balaban J connectivity index is 2.74. The fourth-order valence-corrected chi connectivity index (χ4v) is 0.829. The van der Waals surface area contributed by atoms with Crippen LogP contribution in [-0.4, -0.2) is 10.2 Å². The average molecular weight is 169 g/mol. The second-order valence-electron chi connectivity index (χ2n) is 3.16. The lowest BCUT2D eigenvalue weighted by Gasteiger charge is -2.09. The molecule has 1 atom stereocenters. The molecule has 1 aromatic rings. The molecule has 1 heterocycles. The Hall–Kier alpha value is -0.900. The van der Waals surface area contributed by atoms with Crippen molar-refractivity contribution in [3.05, 3.63) is 11.8 Å². The molecule has 12 heavy (non-hydrogen) atoms. The highest BCUT2D eigenvalue weighted by Crippen LogP contribution is 2.16. The Labute approximate surface area is 72.2 Å². The third-order valence-corrected chi connectivity index (χ3v) is 1.79. The van der Waals surface area contributed by atoms with E-state index >= 15 is 0 Å². The molecule has 0 saturated heterocycles. The van der Waals surface area contributed by atoms with Crippen LogP contribution in [0, 0.1) is 5.92 Å². The zero-order valence-corrected chi connectivity index (χ0v) is 7.74. The summed E-state index contributed by atoms with van der Waals surface area (Å²) in [7, 11) is 0. The summed E-state index contributed by atoms with van der Waals surface area (Å²) in [4.78, 5) is 0. The summed E-state index contributed by atoms with van der Waals surface area (Å²) < 4.78 is 5.31. The van der Waals surface area contributed by atoms with E-state index in [1.807, 2.05) is 20.8 Å². The molecule has 0 aliphatic rings. The molecule has 4 heteroatoms. The average Bonchev–Trinajstić information content (AvgIpc) is 2.50. The maximum absolute atomic E-state index is 5.81. The fourth-order valence-electron chi connectivity index (χ4n) is 0.829. The molecule has 1 rings (SSSR count). The molecule has 0 amide bonds. The number of nitrogens with two attached hydrogens (primary N) is 1. The summed E-state index contributed by atoms with van der Waals surface area (Å²) in [5.74, 6) is 1.53. The monoisotopic (exact) mass is 169 g/mol. The van der Waals surface area contributed by atoms with Gasteiger partial charge >= 0.3 is 0 Å². The Morgan fingerprint density at radius 2 is 2.08 bits per heavy atom. The molecule has 0 spiro atoms. The van der Waals surface area contributed by atoms with Gasteiger partial charge in [0, 0.05) is 6.42 Å². The molecule has 0 aliphatic heterocycles. The lowest BCUT2D eigenvalue weighted by atomic mass is 10.1. The van der Waals surface area contributed by atoms with E-state index < -0.39 is 0 Å². The van der Waals surface area contributed by atoms with E-state index in [9.17, 15) is 0 Å². The van der Waals surface area contributed by atoms with Gasteiger partial charge in [-0.15, -0.1) is 10.2 Å². The van der Waals surface area contributed by atoms with Crippen LogP contribution in [0.3, 0.4) is 0 Å². The Kier molecular flexibility index (Phi) is 2.81. The summed E-state index contributed by atoms with van der Waals surface area (Å²) in [6.45, 7) is 6.03. The van der Waals surface area contributed by atoms with Crippen LogP contribution in [0.15, 0.2) is 4.42 Å². The van der Waals surface area contributed by atoms with Crippen LogP contribution in [-0.2, 0) is 6.42 Å². The molecule has 2 N–H and O–H groups in total. The first-order valence-electron chi connectivity index (χ1n) is 4.23. The molecule has 0 fully saturated rings. The van der Waals surface area contributed by atoms with Crippen LogP contribution in [0.2, 0.25) is 0 Å². The van der Waals surface area contributed by atoms with Gasteiger partial charge in [-0.3, -0.25) is 0 Å².